The van der Waals surface area contributed by atoms with Gasteiger partial charge in [-0.3, -0.25) is 4.90 Å². The molecule has 5 heteroatoms. The van der Waals surface area contributed by atoms with Crippen LogP contribution in [0.4, 0.5) is 5.82 Å². The molecule has 3 rings (SSSR count). The fourth-order valence-corrected chi connectivity index (χ4v) is 3.00. The second-order valence-electron chi connectivity index (χ2n) is 6.01. The summed E-state index contributed by atoms with van der Waals surface area (Å²) in [6.07, 6.45) is 1.22. The van der Waals surface area contributed by atoms with E-state index in [0.717, 1.165) is 50.9 Å². The van der Waals surface area contributed by atoms with E-state index in [-0.39, 0.29) is 0 Å². The van der Waals surface area contributed by atoms with Gasteiger partial charge in [0.05, 0.1) is 18.9 Å². The Morgan fingerprint density at radius 1 is 1.15 bits per heavy atom. The molecular formula is C15H24N4O. The van der Waals surface area contributed by atoms with Crippen LogP contribution in [-0.2, 0) is 4.74 Å². The number of ether oxygens (including phenoxy) is 1. The summed E-state index contributed by atoms with van der Waals surface area (Å²) in [5.41, 5.74) is 1.07. The summed E-state index contributed by atoms with van der Waals surface area (Å²) in [6, 6.07) is 4.87. The third kappa shape index (κ3) is 2.94. The lowest BCUT2D eigenvalue weighted by atomic mass is 10.1. The molecule has 1 atom stereocenters. The monoisotopic (exact) mass is 276 g/mol. The summed E-state index contributed by atoms with van der Waals surface area (Å²) in [7, 11) is 0. The molecule has 0 spiro atoms. The molecule has 20 heavy (non-hydrogen) atoms. The molecule has 1 aromatic rings. The Hall–Kier alpha value is -1.20. The number of hydrogen-bond donors (Lipinski definition) is 0. The van der Waals surface area contributed by atoms with Crippen LogP contribution >= 0.6 is 0 Å². The van der Waals surface area contributed by atoms with E-state index in [1.165, 1.54) is 6.42 Å². The summed E-state index contributed by atoms with van der Waals surface area (Å²) in [5.74, 6) is 1.46. The van der Waals surface area contributed by atoms with Gasteiger partial charge in [0, 0.05) is 32.2 Å². The average molecular weight is 276 g/mol. The van der Waals surface area contributed by atoms with Gasteiger partial charge in [-0.05, 0) is 24.5 Å². The van der Waals surface area contributed by atoms with Crippen LogP contribution in [-0.4, -0.2) is 60.5 Å². The molecular weight excluding hydrogens is 252 g/mol. The molecule has 0 saturated carbocycles. The zero-order valence-electron chi connectivity index (χ0n) is 12.5. The Balaban J connectivity index is 1.61. The first-order chi connectivity index (χ1) is 9.74. The van der Waals surface area contributed by atoms with Gasteiger partial charge in [0.2, 0.25) is 0 Å². The highest BCUT2D eigenvalue weighted by molar-refractivity contribution is 5.39. The average Bonchev–Trinajstić information content (AvgIpc) is 2.98. The van der Waals surface area contributed by atoms with Crippen molar-refractivity contribution >= 4 is 5.82 Å². The summed E-state index contributed by atoms with van der Waals surface area (Å²) < 4.78 is 5.43. The van der Waals surface area contributed by atoms with Crippen LogP contribution < -0.4 is 4.90 Å². The maximum absolute atomic E-state index is 5.43. The quantitative estimate of drug-likeness (QED) is 0.837. The molecule has 5 nitrogen and oxygen atoms in total. The Morgan fingerprint density at radius 3 is 2.60 bits per heavy atom. The molecule has 0 aromatic carbocycles. The molecule has 0 N–H and O–H groups in total. The van der Waals surface area contributed by atoms with E-state index in [9.17, 15) is 0 Å². The van der Waals surface area contributed by atoms with Crippen LogP contribution in [0, 0.1) is 0 Å². The van der Waals surface area contributed by atoms with Crippen molar-refractivity contribution in [1.82, 2.24) is 15.1 Å². The van der Waals surface area contributed by atoms with E-state index in [1.54, 1.807) is 0 Å². The van der Waals surface area contributed by atoms with Gasteiger partial charge >= 0.3 is 0 Å². The molecule has 0 aliphatic carbocycles. The van der Waals surface area contributed by atoms with Gasteiger partial charge in [0.15, 0.2) is 5.82 Å². The Kier molecular flexibility index (Phi) is 4.17. The molecule has 2 saturated heterocycles. The zero-order chi connectivity index (χ0) is 13.9. The van der Waals surface area contributed by atoms with E-state index in [2.05, 4.69) is 46.0 Å². The van der Waals surface area contributed by atoms with Crippen molar-refractivity contribution in [3.8, 4) is 0 Å². The van der Waals surface area contributed by atoms with Crippen LogP contribution in [0.15, 0.2) is 12.1 Å². The maximum Gasteiger partial charge on any atom is 0.151 e. The van der Waals surface area contributed by atoms with Crippen LogP contribution in [0.5, 0.6) is 0 Å². The lowest BCUT2D eigenvalue weighted by Gasteiger charge is -2.32. The Morgan fingerprint density at radius 2 is 1.95 bits per heavy atom. The zero-order valence-corrected chi connectivity index (χ0v) is 12.5. The standard InChI is InChI=1S/C15H24N4O/c1-12(2)14-3-4-15(17-16-14)19-6-5-13(11-19)18-7-9-20-10-8-18/h3-4,12-13H,5-11H2,1-2H3. The van der Waals surface area contributed by atoms with Gasteiger partial charge in [-0.1, -0.05) is 13.8 Å². The van der Waals surface area contributed by atoms with Gasteiger partial charge in [0.25, 0.3) is 0 Å². The van der Waals surface area contributed by atoms with Crippen molar-refractivity contribution in [1.29, 1.82) is 0 Å². The molecule has 2 fully saturated rings. The molecule has 2 aliphatic heterocycles. The lowest BCUT2D eigenvalue weighted by molar-refractivity contribution is 0.0209. The van der Waals surface area contributed by atoms with Crippen molar-refractivity contribution in [2.75, 3.05) is 44.3 Å². The lowest BCUT2D eigenvalue weighted by Crippen LogP contribution is -2.44. The highest BCUT2D eigenvalue weighted by Gasteiger charge is 2.29. The smallest absolute Gasteiger partial charge is 0.151 e. The first-order valence-electron chi connectivity index (χ1n) is 7.64. The Labute approximate surface area is 120 Å². The minimum absolute atomic E-state index is 0.441. The number of nitrogens with zero attached hydrogens (tertiary/aromatic N) is 4. The summed E-state index contributed by atoms with van der Waals surface area (Å²) >= 11 is 0. The number of aromatic nitrogens is 2. The minimum atomic E-state index is 0.441. The number of morpholine rings is 1. The SMILES string of the molecule is CC(C)c1ccc(N2CCC(N3CCOCC3)C2)nn1. The number of anilines is 1. The van der Waals surface area contributed by atoms with E-state index < -0.39 is 0 Å². The summed E-state index contributed by atoms with van der Waals surface area (Å²) in [5, 5.41) is 8.73. The largest absolute Gasteiger partial charge is 0.379 e. The highest BCUT2D eigenvalue weighted by Crippen LogP contribution is 2.22. The first kappa shape index (κ1) is 13.8. The molecule has 0 bridgehead atoms. The number of rotatable bonds is 3. The molecule has 3 heterocycles. The van der Waals surface area contributed by atoms with E-state index in [0.29, 0.717) is 12.0 Å². The van der Waals surface area contributed by atoms with Crippen molar-refractivity contribution in [2.45, 2.75) is 32.2 Å². The predicted octanol–water partition coefficient (Wildman–Crippen LogP) is 1.51. The van der Waals surface area contributed by atoms with Crippen LogP contribution in [0.2, 0.25) is 0 Å². The van der Waals surface area contributed by atoms with Crippen molar-refractivity contribution in [3.63, 3.8) is 0 Å². The minimum Gasteiger partial charge on any atom is -0.379 e. The second-order valence-corrected chi connectivity index (χ2v) is 6.01. The second kappa shape index (κ2) is 6.06. The third-order valence-electron chi connectivity index (χ3n) is 4.31. The van der Waals surface area contributed by atoms with Crippen molar-refractivity contribution < 1.29 is 4.74 Å². The summed E-state index contributed by atoms with van der Waals surface area (Å²) in [4.78, 5) is 4.91. The molecule has 2 aliphatic rings. The van der Waals surface area contributed by atoms with Gasteiger partial charge < -0.3 is 9.64 Å². The van der Waals surface area contributed by atoms with Crippen molar-refractivity contribution in [3.05, 3.63) is 17.8 Å². The number of hydrogen-bond acceptors (Lipinski definition) is 5. The van der Waals surface area contributed by atoms with E-state index in [4.69, 9.17) is 4.74 Å². The van der Waals surface area contributed by atoms with Crippen LogP contribution in [0.3, 0.4) is 0 Å². The molecule has 1 unspecified atom stereocenters. The topological polar surface area (TPSA) is 41.5 Å². The van der Waals surface area contributed by atoms with E-state index >= 15 is 0 Å². The van der Waals surface area contributed by atoms with Crippen LogP contribution in [0.1, 0.15) is 31.9 Å². The fourth-order valence-electron chi connectivity index (χ4n) is 3.00. The normalized spacial score (nSPS) is 24.6. The first-order valence-corrected chi connectivity index (χ1v) is 7.64. The summed E-state index contributed by atoms with van der Waals surface area (Å²) in [6.45, 7) is 10.3. The molecule has 0 radical (unpaired) electrons. The van der Waals surface area contributed by atoms with E-state index in [1.807, 2.05) is 0 Å². The Bertz CT molecular complexity index is 428. The van der Waals surface area contributed by atoms with Crippen LogP contribution in [0.25, 0.3) is 0 Å². The molecule has 110 valence electrons. The highest BCUT2D eigenvalue weighted by atomic mass is 16.5. The fraction of sp³-hybridized carbons (Fsp3) is 0.733. The van der Waals surface area contributed by atoms with Crippen molar-refractivity contribution in [2.24, 2.45) is 0 Å². The molecule has 0 amide bonds. The third-order valence-corrected chi connectivity index (χ3v) is 4.31. The predicted molar refractivity (Wildman–Crippen MR) is 79.1 cm³/mol. The molecule has 1 aromatic heterocycles. The van der Waals surface area contributed by atoms with Gasteiger partial charge in [-0.25, -0.2) is 0 Å². The van der Waals surface area contributed by atoms with Gasteiger partial charge in [0.1, 0.15) is 0 Å². The van der Waals surface area contributed by atoms with Gasteiger partial charge in [-0.15, -0.1) is 5.10 Å². The van der Waals surface area contributed by atoms with Gasteiger partial charge in [-0.2, -0.15) is 5.10 Å². The maximum atomic E-state index is 5.43.